The van der Waals surface area contributed by atoms with E-state index in [4.69, 9.17) is 4.74 Å². The van der Waals surface area contributed by atoms with Crippen molar-refractivity contribution >= 4 is 18.0 Å². The summed E-state index contributed by atoms with van der Waals surface area (Å²) in [4.78, 5) is 26.4. The molecule has 5 heteroatoms. The van der Waals surface area contributed by atoms with E-state index in [1.165, 1.54) is 25.7 Å². The number of carboxylic acids is 1. The fourth-order valence-corrected chi connectivity index (χ4v) is 4.20. The molecule has 2 fully saturated rings. The zero-order chi connectivity index (χ0) is 19.2. The third kappa shape index (κ3) is 4.90. The summed E-state index contributed by atoms with van der Waals surface area (Å²) >= 11 is 0. The summed E-state index contributed by atoms with van der Waals surface area (Å²) in [6.45, 7) is 4.16. The lowest BCUT2D eigenvalue weighted by Gasteiger charge is -2.22. The van der Waals surface area contributed by atoms with E-state index in [0.29, 0.717) is 29.8 Å². The Balaban J connectivity index is 1.72. The third-order valence-electron chi connectivity index (χ3n) is 5.66. The van der Waals surface area contributed by atoms with Crippen LogP contribution in [-0.4, -0.2) is 41.6 Å². The number of ether oxygens (including phenoxy) is 1. The van der Waals surface area contributed by atoms with Crippen molar-refractivity contribution in [1.29, 1.82) is 0 Å². The van der Waals surface area contributed by atoms with E-state index in [-0.39, 0.29) is 17.9 Å². The fraction of sp³-hybridized carbons (Fsp3) is 0.545. The van der Waals surface area contributed by atoms with E-state index < -0.39 is 5.97 Å². The molecule has 1 saturated heterocycles. The van der Waals surface area contributed by atoms with Crippen molar-refractivity contribution < 1.29 is 19.4 Å². The van der Waals surface area contributed by atoms with Crippen LogP contribution in [0.25, 0.3) is 6.08 Å². The number of aliphatic carboxylic acids is 1. The van der Waals surface area contributed by atoms with E-state index in [1.807, 2.05) is 36.1 Å². The van der Waals surface area contributed by atoms with Gasteiger partial charge in [-0.1, -0.05) is 38.0 Å². The topological polar surface area (TPSA) is 66.8 Å². The molecule has 1 amide bonds. The maximum atomic E-state index is 12.7. The lowest BCUT2D eigenvalue weighted by Crippen LogP contribution is -2.29. The Bertz CT molecular complexity index is 698. The van der Waals surface area contributed by atoms with E-state index in [2.05, 4.69) is 0 Å². The Labute approximate surface area is 161 Å². The van der Waals surface area contributed by atoms with Crippen molar-refractivity contribution in [3.8, 4) is 5.75 Å². The van der Waals surface area contributed by atoms with Gasteiger partial charge in [-0.05, 0) is 43.2 Å². The zero-order valence-electron chi connectivity index (χ0n) is 16.0. The molecule has 1 aromatic carbocycles. The first-order valence-electron chi connectivity index (χ1n) is 10.0. The molecule has 0 radical (unpaired) electrons. The molecule has 5 nitrogen and oxygen atoms in total. The Morgan fingerprint density at radius 3 is 2.48 bits per heavy atom. The average Bonchev–Trinajstić information content (AvgIpc) is 3.11. The van der Waals surface area contributed by atoms with Gasteiger partial charge in [-0.3, -0.25) is 4.79 Å². The highest BCUT2D eigenvalue weighted by Crippen LogP contribution is 2.36. The standard InChI is InChI=1S/C22H29NO4/c1-2-11-27-20-10-6-5-7-16(20)12-19(22(25)26)13-21(24)23-14-17-8-3-4-9-18(17)15-23/h5-7,10,12,17-18H,2-4,8-9,11,13-15H2,1H3,(H,25,26)/t17-,18+. The van der Waals surface area contributed by atoms with Gasteiger partial charge in [-0.2, -0.15) is 0 Å². The highest BCUT2D eigenvalue weighted by atomic mass is 16.5. The summed E-state index contributed by atoms with van der Waals surface area (Å²) in [5.74, 6) is 0.722. The molecular formula is C22H29NO4. The quantitative estimate of drug-likeness (QED) is 0.736. The molecule has 1 aromatic rings. The minimum atomic E-state index is -1.05. The van der Waals surface area contributed by atoms with Crippen molar-refractivity contribution in [3.63, 3.8) is 0 Å². The molecule has 1 aliphatic heterocycles. The lowest BCUT2D eigenvalue weighted by atomic mass is 9.82. The first-order chi connectivity index (χ1) is 13.1. The van der Waals surface area contributed by atoms with Gasteiger partial charge in [0, 0.05) is 24.2 Å². The molecule has 27 heavy (non-hydrogen) atoms. The second-order valence-electron chi connectivity index (χ2n) is 7.64. The number of fused-ring (bicyclic) bond motifs is 1. The number of likely N-dealkylation sites (tertiary alicyclic amines) is 1. The second-order valence-corrected chi connectivity index (χ2v) is 7.64. The van der Waals surface area contributed by atoms with Gasteiger partial charge in [0.25, 0.3) is 0 Å². The molecule has 2 atom stereocenters. The number of carbonyl (C=O) groups is 2. The van der Waals surface area contributed by atoms with E-state index >= 15 is 0 Å². The summed E-state index contributed by atoms with van der Waals surface area (Å²) in [5.41, 5.74) is 0.814. The van der Waals surface area contributed by atoms with Gasteiger partial charge in [0.2, 0.25) is 5.91 Å². The van der Waals surface area contributed by atoms with Gasteiger partial charge in [0.15, 0.2) is 0 Å². The third-order valence-corrected chi connectivity index (χ3v) is 5.66. The number of hydrogen-bond donors (Lipinski definition) is 1. The molecule has 0 unspecified atom stereocenters. The predicted octanol–water partition coefficient (Wildman–Crippen LogP) is 3.98. The largest absolute Gasteiger partial charge is 0.493 e. The summed E-state index contributed by atoms with van der Waals surface area (Å²) in [5, 5.41) is 9.62. The van der Waals surface area contributed by atoms with Crippen molar-refractivity contribution in [2.45, 2.75) is 45.4 Å². The molecule has 0 spiro atoms. The van der Waals surface area contributed by atoms with Crippen molar-refractivity contribution in [3.05, 3.63) is 35.4 Å². The van der Waals surface area contributed by atoms with Gasteiger partial charge in [0.05, 0.1) is 13.0 Å². The molecule has 1 aliphatic carbocycles. The number of rotatable bonds is 7. The number of carboxylic acid groups (broad SMARTS) is 1. The molecule has 1 saturated carbocycles. The van der Waals surface area contributed by atoms with Crippen LogP contribution >= 0.6 is 0 Å². The molecular weight excluding hydrogens is 342 g/mol. The van der Waals surface area contributed by atoms with Crippen LogP contribution in [0.5, 0.6) is 5.75 Å². The van der Waals surface area contributed by atoms with Crippen LogP contribution in [0.3, 0.4) is 0 Å². The number of nitrogens with zero attached hydrogens (tertiary/aromatic N) is 1. The van der Waals surface area contributed by atoms with E-state index in [0.717, 1.165) is 19.5 Å². The van der Waals surface area contributed by atoms with Crippen LogP contribution in [0.2, 0.25) is 0 Å². The average molecular weight is 371 g/mol. The van der Waals surface area contributed by atoms with Crippen molar-refractivity contribution in [1.82, 2.24) is 4.90 Å². The minimum absolute atomic E-state index is 0.0725. The van der Waals surface area contributed by atoms with Crippen LogP contribution < -0.4 is 4.74 Å². The Hall–Kier alpha value is -2.30. The zero-order valence-corrected chi connectivity index (χ0v) is 16.0. The first-order valence-corrected chi connectivity index (χ1v) is 10.0. The molecule has 2 aliphatic rings. The maximum Gasteiger partial charge on any atom is 0.332 e. The van der Waals surface area contributed by atoms with Gasteiger partial charge in [-0.15, -0.1) is 0 Å². The number of carbonyl (C=O) groups excluding carboxylic acids is 1. The Morgan fingerprint density at radius 2 is 1.85 bits per heavy atom. The van der Waals surface area contributed by atoms with Crippen LogP contribution in [-0.2, 0) is 9.59 Å². The Morgan fingerprint density at radius 1 is 1.19 bits per heavy atom. The first kappa shape index (κ1) is 19.5. The molecule has 0 bridgehead atoms. The van der Waals surface area contributed by atoms with Crippen LogP contribution in [0.1, 0.15) is 51.0 Å². The molecule has 3 rings (SSSR count). The molecule has 0 aromatic heterocycles. The number of hydrogen-bond acceptors (Lipinski definition) is 3. The summed E-state index contributed by atoms with van der Waals surface area (Å²) in [6, 6.07) is 7.35. The van der Waals surface area contributed by atoms with Gasteiger partial charge >= 0.3 is 5.97 Å². The van der Waals surface area contributed by atoms with Crippen LogP contribution in [0.15, 0.2) is 29.8 Å². The van der Waals surface area contributed by atoms with E-state index in [9.17, 15) is 14.7 Å². The normalized spacial score (nSPS) is 22.4. The monoisotopic (exact) mass is 371 g/mol. The predicted molar refractivity (Wildman–Crippen MR) is 104 cm³/mol. The van der Waals surface area contributed by atoms with E-state index in [1.54, 1.807) is 6.08 Å². The molecule has 146 valence electrons. The summed E-state index contributed by atoms with van der Waals surface area (Å²) in [7, 11) is 0. The number of para-hydroxylation sites is 1. The number of amides is 1. The number of benzene rings is 1. The SMILES string of the molecule is CCCOc1ccccc1C=C(CC(=O)N1C[C@H]2CCCC[C@H]2C1)C(=O)O. The Kier molecular flexibility index (Phi) is 6.54. The van der Waals surface area contributed by atoms with Crippen molar-refractivity contribution in [2.24, 2.45) is 11.8 Å². The van der Waals surface area contributed by atoms with Crippen LogP contribution in [0, 0.1) is 11.8 Å². The highest BCUT2D eigenvalue weighted by Gasteiger charge is 2.36. The fourth-order valence-electron chi connectivity index (χ4n) is 4.20. The minimum Gasteiger partial charge on any atom is -0.493 e. The van der Waals surface area contributed by atoms with Gasteiger partial charge in [0.1, 0.15) is 5.75 Å². The molecule has 1 heterocycles. The van der Waals surface area contributed by atoms with Crippen LogP contribution in [0.4, 0.5) is 0 Å². The van der Waals surface area contributed by atoms with Gasteiger partial charge in [-0.25, -0.2) is 4.79 Å². The summed E-state index contributed by atoms with van der Waals surface area (Å²) in [6.07, 6.45) is 7.26. The highest BCUT2D eigenvalue weighted by molar-refractivity contribution is 5.98. The van der Waals surface area contributed by atoms with Crippen molar-refractivity contribution in [2.75, 3.05) is 19.7 Å². The second kappa shape index (κ2) is 9.07. The maximum absolute atomic E-state index is 12.7. The lowest BCUT2D eigenvalue weighted by molar-refractivity contribution is -0.136. The molecule has 1 N–H and O–H groups in total. The smallest absolute Gasteiger partial charge is 0.332 e. The van der Waals surface area contributed by atoms with Gasteiger partial charge < -0.3 is 14.7 Å². The summed E-state index contributed by atoms with van der Waals surface area (Å²) < 4.78 is 5.70.